The Kier molecular flexibility index (Phi) is 7.45. The number of nitrogens with zero attached hydrogens (tertiary/aromatic N) is 2. The van der Waals surface area contributed by atoms with Gasteiger partial charge >= 0.3 is 0 Å². The summed E-state index contributed by atoms with van der Waals surface area (Å²) in [5.74, 6) is 0.189. The number of likely N-dealkylation sites (N-methyl/N-ethyl adjacent to an activating group) is 1. The van der Waals surface area contributed by atoms with Crippen molar-refractivity contribution in [1.82, 2.24) is 14.5 Å². The Morgan fingerprint density at radius 3 is 2.56 bits per heavy atom. The minimum absolute atomic E-state index is 0.0605. The first kappa shape index (κ1) is 20.8. The second-order valence-corrected chi connectivity index (χ2v) is 11.3. The highest BCUT2D eigenvalue weighted by atomic mass is 79.9. The van der Waals surface area contributed by atoms with Crippen molar-refractivity contribution in [2.75, 3.05) is 40.3 Å². The summed E-state index contributed by atoms with van der Waals surface area (Å²) in [7, 11) is 0.522. The lowest BCUT2D eigenvalue weighted by molar-refractivity contribution is -0.126. The molecule has 142 valence electrons. The second kappa shape index (κ2) is 8.94. The van der Waals surface area contributed by atoms with Crippen molar-refractivity contribution in [3.05, 3.63) is 15.9 Å². The molecule has 25 heavy (non-hydrogen) atoms. The molecule has 2 rings (SSSR count). The van der Waals surface area contributed by atoms with E-state index in [1.54, 1.807) is 16.4 Å². The van der Waals surface area contributed by atoms with E-state index in [0.717, 1.165) is 10.3 Å². The Hall–Kier alpha value is -0.480. The van der Waals surface area contributed by atoms with Crippen LogP contribution >= 0.6 is 27.3 Å². The summed E-state index contributed by atoms with van der Waals surface area (Å²) in [6.45, 7) is 4.33. The molecule has 0 saturated carbocycles. The summed E-state index contributed by atoms with van der Waals surface area (Å²) in [6, 6.07) is 3.39. The van der Waals surface area contributed by atoms with Gasteiger partial charge in [-0.3, -0.25) is 4.79 Å². The SMILES string of the molecule is CC(C(=O)NCCN(C)C)C1CCN(S(=O)(=O)c2ccc(Br)s2)CC1. The minimum Gasteiger partial charge on any atom is -0.355 e. The van der Waals surface area contributed by atoms with E-state index in [0.29, 0.717) is 36.7 Å². The number of halogens is 1. The molecule has 1 fully saturated rings. The molecule has 0 spiro atoms. The number of sulfonamides is 1. The molecular weight excluding hydrogens is 426 g/mol. The molecule has 1 aliphatic heterocycles. The lowest BCUT2D eigenvalue weighted by atomic mass is 9.85. The quantitative estimate of drug-likeness (QED) is 0.689. The number of rotatable bonds is 7. The van der Waals surface area contributed by atoms with Crippen molar-refractivity contribution in [3.8, 4) is 0 Å². The van der Waals surface area contributed by atoms with E-state index in [9.17, 15) is 13.2 Å². The molecule has 1 aliphatic rings. The van der Waals surface area contributed by atoms with E-state index < -0.39 is 10.0 Å². The van der Waals surface area contributed by atoms with Crippen LogP contribution in [0.5, 0.6) is 0 Å². The van der Waals surface area contributed by atoms with E-state index in [-0.39, 0.29) is 17.7 Å². The highest BCUT2D eigenvalue weighted by molar-refractivity contribution is 9.11. The fourth-order valence-electron chi connectivity index (χ4n) is 2.96. The summed E-state index contributed by atoms with van der Waals surface area (Å²) in [4.78, 5) is 14.3. The molecule has 1 atom stereocenters. The maximum absolute atomic E-state index is 12.6. The third-order valence-corrected chi connectivity index (χ3v) is 8.61. The number of carbonyl (C=O) groups excluding carboxylic acids is 1. The van der Waals surface area contributed by atoms with Gasteiger partial charge in [0.2, 0.25) is 5.91 Å². The van der Waals surface area contributed by atoms with Crippen LogP contribution in [0.4, 0.5) is 0 Å². The van der Waals surface area contributed by atoms with Crippen LogP contribution in [0, 0.1) is 11.8 Å². The van der Waals surface area contributed by atoms with Gasteiger partial charge in [-0.15, -0.1) is 11.3 Å². The number of hydrogen-bond donors (Lipinski definition) is 1. The zero-order valence-electron chi connectivity index (χ0n) is 14.9. The van der Waals surface area contributed by atoms with Gasteiger partial charge in [-0.05, 0) is 60.9 Å². The zero-order valence-corrected chi connectivity index (χ0v) is 18.1. The first-order chi connectivity index (χ1) is 11.7. The van der Waals surface area contributed by atoms with Crippen LogP contribution in [0.2, 0.25) is 0 Å². The number of hydrogen-bond acceptors (Lipinski definition) is 5. The number of piperidine rings is 1. The fourth-order valence-corrected chi connectivity index (χ4v) is 6.59. The smallest absolute Gasteiger partial charge is 0.252 e. The van der Waals surface area contributed by atoms with Gasteiger partial charge in [-0.2, -0.15) is 4.31 Å². The monoisotopic (exact) mass is 451 g/mol. The molecule has 0 aliphatic carbocycles. The minimum atomic E-state index is -3.42. The highest BCUT2D eigenvalue weighted by Crippen LogP contribution is 2.32. The normalized spacial score (nSPS) is 18.4. The summed E-state index contributed by atoms with van der Waals surface area (Å²) < 4.78 is 28.0. The van der Waals surface area contributed by atoms with Crippen molar-refractivity contribution in [1.29, 1.82) is 0 Å². The van der Waals surface area contributed by atoms with Gasteiger partial charge in [0.1, 0.15) is 4.21 Å². The molecule has 1 aromatic heterocycles. The maximum Gasteiger partial charge on any atom is 0.252 e. The lowest BCUT2D eigenvalue weighted by Crippen LogP contribution is -2.43. The first-order valence-electron chi connectivity index (χ1n) is 8.39. The van der Waals surface area contributed by atoms with Crippen LogP contribution in [0.25, 0.3) is 0 Å². The van der Waals surface area contributed by atoms with Crippen molar-refractivity contribution in [2.45, 2.75) is 24.0 Å². The standard InChI is InChI=1S/C16H26BrN3O3S2/c1-12(16(21)18-8-11-19(2)3)13-6-9-20(10-7-13)25(22,23)15-5-4-14(17)24-15/h4-5,12-13H,6-11H2,1-3H3,(H,18,21). The lowest BCUT2D eigenvalue weighted by Gasteiger charge is -2.33. The average Bonchev–Trinajstić information content (AvgIpc) is 3.01. The van der Waals surface area contributed by atoms with Gasteiger partial charge in [0.15, 0.2) is 0 Å². The van der Waals surface area contributed by atoms with Crippen LogP contribution in [0.15, 0.2) is 20.1 Å². The molecule has 1 amide bonds. The molecule has 9 heteroatoms. The third-order valence-electron chi connectivity index (χ3n) is 4.62. The summed E-state index contributed by atoms with van der Waals surface area (Å²) in [6.07, 6.45) is 1.43. The van der Waals surface area contributed by atoms with E-state index in [2.05, 4.69) is 21.2 Å². The second-order valence-electron chi connectivity index (χ2n) is 6.68. The van der Waals surface area contributed by atoms with Gasteiger partial charge in [0.05, 0.1) is 3.79 Å². The van der Waals surface area contributed by atoms with Gasteiger partial charge < -0.3 is 10.2 Å². The van der Waals surface area contributed by atoms with Crippen LogP contribution in [0.3, 0.4) is 0 Å². The average molecular weight is 452 g/mol. The molecule has 6 nitrogen and oxygen atoms in total. The van der Waals surface area contributed by atoms with Crippen molar-refractivity contribution in [2.24, 2.45) is 11.8 Å². The molecular formula is C16H26BrN3O3S2. The molecule has 1 unspecified atom stereocenters. The number of thiophene rings is 1. The molecule has 2 heterocycles. The van der Waals surface area contributed by atoms with E-state index >= 15 is 0 Å². The van der Waals surface area contributed by atoms with Crippen molar-refractivity contribution >= 4 is 43.2 Å². The van der Waals surface area contributed by atoms with Gasteiger partial charge in [0, 0.05) is 32.1 Å². The van der Waals surface area contributed by atoms with Gasteiger partial charge in [-0.25, -0.2) is 8.42 Å². The van der Waals surface area contributed by atoms with Gasteiger partial charge in [0.25, 0.3) is 10.0 Å². The maximum atomic E-state index is 12.6. The third kappa shape index (κ3) is 5.50. The Balaban J connectivity index is 1.87. The Morgan fingerprint density at radius 2 is 2.04 bits per heavy atom. The largest absolute Gasteiger partial charge is 0.355 e. The zero-order chi connectivity index (χ0) is 18.6. The predicted octanol–water partition coefficient (Wildman–Crippen LogP) is 2.23. The topological polar surface area (TPSA) is 69.7 Å². The molecule has 0 aromatic carbocycles. The number of nitrogens with one attached hydrogen (secondary N) is 1. The Morgan fingerprint density at radius 1 is 1.40 bits per heavy atom. The molecule has 1 N–H and O–H groups in total. The summed E-state index contributed by atoms with van der Waals surface area (Å²) in [5.41, 5.74) is 0. The van der Waals surface area contributed by atoms with Crippen LogP contribution in [-0.2, 0) is 14.8 Å². The Labute approximate surface area is 162 Å². The van der Waals surface area contributed by atoms with Crippen molar-refractivity contribution < 1.29 is 13.2 Å². The van der Waals surface area contributed by atoms with Crippen LogP contribution in [0.1, 0.15) is 19.8 Å². The van der Waals surface area contributed by atoms with Crippen molar-refractivity contribution in [3.63, 3.8) is 0 Å². The predicted molar refractivity (Wildman–Crippen MR) is 104 cm³/mol. The number of amides is 1. The fraction of sp³-hybridized carbons (Fsp3) is 0.688. The Bertz CT molecular complexity index is 683. The van der Waals surface area contributed by atoms with E-state index in [1.807, 2.05) is 25.9 Å². The first-order valence-corrected chi connectivity index (χ1v) is 11.4. The molecule has 1 saturated heterocycles. The van der Waals surface area contributed by atoms with Gasteiger partial charge in [-0.1, -0.05) is 6.92 Å². The van der Waals surface area contributed by atoms with Crippen LogP contribution < -0.4 is 5.32 Å². The summed E-state index contributed by atoms with van der Waals surface area (Å²) >= 11 is 4.54. The summed E-state index contributed by atoms with van der Waals surface area (Å²) in [5, 5.41) is 2.97. The number of carbonyl (C=O) groups is 1. The van der Waals surface area contributed by atoms with Crippen LogP contribution in [-0.4, -0.2) is 63.8 Å². The molecule has 0 bridgehead atoms. The van der Waals surface area contributed by atoms with E-state index in [1.165, 1.54) is 11.3 Å². The highest BCUT2D eigenvalue weighted by Gasteiger charge is 2.33. The molecule has 1 aromatic rings. The molecule has 0 radical (unpaired) electrons. The van der Waals surface area contributed by atoms with E-state index in [4.69, 9.17) is 0 Å².